The van der Waals surface area contributed by atoms with Crippen molar-refractivity contribution in [3.63, 3.8) is 0 Å². The van der Waals surface area contributed by atoms with Crippen molar-refractivity contribution in [1.82, 2.24) is 0 Å². The SMILES string of the molecule is COC=C(C(=O)O)c1ccccc1COc1cc(Cl)c(OCC#N)c(Cl)c1. The Kier molecular flexibility index (Phi) is 7.35. The van der Waals surface area contributed by atoms with E-state index in [0.717, 1.165) is 6.26 Å². The topological polar surface area (TPSA) is 88.8 Å². The molecule has 0 amide bonds. The van der Waals surface area contributed by atoms with Crippen LogP contribution < -0.4 is 9.47 Å². The highest BCUT2D eigenvalue weighted by Gasteiger charge is 2.16. The lowest BCUT2D eigenvalue weighted by Crippen LogP contribution is -2.06. The van der Waals surface area contributed by atoms with Crippen molar-refractivity contribution in [3.05, 3.63) is 63.8 Å². The molecule has 2 rings (SSSR count). The van der Waals surface area contributed by atoms with Crippen molar-refractivity contribution in [2.24, 2.45) is 0 Å². The maximum atomic E-state index is 11.5. The van der Waals surface area contributed by atoms with Crippen LogP contribution in [0.2, 0.25) is 10.0 Å². The molecule has 8 heteroatoms. The summed E-state index contributed by atoms with van der Waals surface area (Å²) in [6, 6.07) is 11.7. The van der Waals surface area contributed by atoms with Crippen LogP contribution in [0.15, 0.2) is 42.7 Å². The summed E-state index contributed by atoms with van der Waals surface area (Å²) in [6.07, 6.45) is 1.16. The Morgan fingerprint density at radius 2 is 1.89 bits per heavy atom. The van der Waals surface area contributed by atoms with Gasteiger partial charge in [-0.05, 0) is 11.1 Å². The van der Waals surface area contributed by atoms with Gasteiger partial charge in [-0.2, -0.15) is 5.26 Å². The molecule has 2 aromatic carbocycles. The number of nitrogens with zero attached hydrogens (tertiary/aromatic N) is 1. The number of hydrogen-bond acceptors (Lipinski definition) is 5. The minimum absolute atomic E-state index is 0.00742. The van der Waals surface area contributed by atoms with E-state index in [9.17, 15) is 9.90 Å². The summed E-state index contributed by atoms with van der Waals surface area (Å²) in [5.74, 6) is -0.546. The van der Waals surface area contributed by atoms with Gasteiger partial charge >= 0.3 is 5.97 Å². The normalized spacial score (nSPS) is 10.8. The van der Waals surface area contributed by atoms with Gasteiger partial charge < -0.3 is 19.3 Å². The number of hydrogen-bond donors (Lipinski definition) is 1. The fourth-order valence-electron chi connectivity index (χ4n) is 2.28. The molecular formula is C19H15Cl2NO5. The number of carbonyl (C=O) groups is 1. The summed E-state index contributed by atoms with van der Waals surface area (Å²) in [5, 5.41) is 18.4. The quantitative estimate of drug-likeness (QED) is 0.509. The van der Waals surface area contributed by atoms with Crippen LogP contribution in [-0.2, 0) is 16.1 Å². The Hall–Kier alpha value is -2.88. The van der Waals surface area contributed by atoms with Gasteiger partial charge in [-0.25, -0.2) is 4.79 Å². The first kappa shape index (κ1) is 20.4. The first-order chi connectivity index (χ1) is 13.0. The van der Waals surface area contributed by atoms with Crippen molar-refractivity contribution in [3.8, 4) is 17.6 Å². The molecule has 0 atom stereocenters. The summed E-state index contributed by atoms with van der Waals surface area (Å²) >= 11 is 12.2. The molecule has 0 saturated carbocycles. The molecule has 0 aromatic heterocycles. The van der Waals surface area contributed by atoms with Gasteiger partial charge in [0.1, 0.15) is 24.0 Å². The molecular weight excluding hydrogens is 393 g/mol. The molecule has 0 spiro atoms. The zero-order valence-electron chi connectivity index (χ0n) is 14.2. The lowest BCUT2D eigenvalue weighted by Gasteiger charge is -2.13. The smallest absolute Gasteiger partial charge is 0.339 e. The third-order valence-corrected chi connectivity index (χ3v) is 3.98. The molecule has 0 aliphatic rings. The first-order valence-electron chi connectivity index (χ1n) is 7.64. The number of carboxylic acid groups (broad SMARTS) is 1. The maximum absolute atomic E-state index is 11.5. The molecule has 1 N–H and O–H groups in total. The van der Waals surface area contributed by atoms with E-state index in [4.69, 9.17) is 42.7 Å². The molecule has 27 heavy (non-hydrogen) atoms. The van der Waals surface area contributed by atoms with Gasteiger partial charge in [0.05, 0.1) is 23.4 Å². The molecule has 6 nitrogen and oxygen atoms in total. The highest BCUT2D eigenvalue weighted by Crippen LogP contribution is 2.37. The average molecular weight is 408 g/mol. The number of methoxy groups -OCH3 is 1. The van der Waals surface area contributed by atoms with E-state index in [0.29, 0.717) is 16.9 Å². The Balaban J connectivity index is 2.24. The Morgan fingerprint density at radius 1 is 1.22 bits per heavy atom. The van der Waals surface area contributed by atoms with Crippen LogP contribution in [0.3, 0.4) is 0 Å². The summed E-state index contributed by atoms with van der Waals surface area (Å²) < 4.78 is 15.7. The van der Waals surface area contributed by atoms with Crippen LogP contribution >= 0.6 is 23.2 Å². The highest BCUT2D eigenvalue weighted by atomic mass is 35.5. The van der Waals surface area contributed by atoms with Gasteiger partial charge in [0.15, 0.2) is 12.4 Å². The van der Waals surface area contributed by atoms with Crippen molar-refractivity contribution in [2.45, 2.75) is 6.61 Å². The second-order valence-corrected chi connectivity index (χ2v) is 6.00. The Labute approximate surface area is 166 Å². The Bertz CT molecular complexity index is 882. The zero-order valence-corrected chi connectivity index (χ0v) is 15.8. The average Bonchev–Trinajstić information content (AvgIpc) is 2.64. The summed E-state index contributed by atoms with van der Waals surface area (Å²) in [5.41, 5.74) is 1.12. The molecule has 0 bridgehead atoms. The summed E-state index contributed by atoms with van der Waals surface area (Å²) in [4.78, 5) is 11.5. The zero-order chi connectivity index (χ0) is 19.8. The van der Waals surface area contributed by atoms with Gasteiger partial charge in [0, 0.05) is 12.1 Å². The second-order valence-electron chi connectivity index (χ2n) is 5.18. The molecule has 0 radical (unpaired) electrons. The van der Waals surface area contributed by atoms with E-state index >= 15 is 0 Å². The number of halogens is 2. The number of benzene rings is 2. The lowest BCUT2D eigenvalue weighted by molar-refractivity contribution is -0.130. The van der Waals surface area contributed by atoms with Crippen LogP contribution in [0.25, 0.3) is 5.57 Å². The predicted molar refractivity (Wildman–Crippen MR) is 101 cm³/mol. The summed E-state index contributed by atoms with van der Waals surface area (Å²) in [6.45, 7) is -0.105. The third kappa shape index (κ3) is 5.30. The standard InChI is InChI=1S/C19H15Cl2NO5/c1-25-11-15(19(23)24)14-5-3-2-4-12(14)10-27-13-8-16(20)18(17(21)9-13)26-7-6-22/h2-5,8-9,11H,7,10H2,1H3,(H,23,24). The predicted octanol–water partition coefficient (Wildman–Crippen LogP) is 4.55. The van der Waals surface area contributed by atoms with Crippen LogP contribution in [0.4, 0.5) is 0 Å². The number of aliphatic carboxylic acids is 1. The van der Waals surface area contributed by atoms with E-state index in [1.165, 1.54) is 19.2 Å². The molecule has 2 aromatic rings. The van der Waals surface area contributed by atoms with Crippen LogP contribution in [0.1, 0.15) is 11.1 Å². The van der Waals surface area contributed by atoms with Crippen LogP contribution in [-0.4, -0.2) is 24.8 Å². The molecule has 0 aliphatic heterocycles. The molecule has 0 unspecified atom stereocenters. The maximum Gasteiger partial charge on any atom is 0.339 e. The van der Waals surface area contributed by atoms with Crippen molar-refractivity contribution in [2.75, 3.05) is 13.7 Å². The highest BCUT2D eigenvalue weighted by molar-refractivity contribution is 6.37. The fourth-order valence-corrected chi connectivity index (χ4v) is 2.86. The van der Waals surface area contributed by atoms with E-state index in [2.05, 4.69) is 0 Å². The Morgan fingerprint density at radius 3 is 2.48 bits per heavy atom. The molecule has 140 valence electrons. The number of carboxylic acids is 1. The first-order valence-corrected chi connectivity index (χ1v) is 8.39. The van der Waals surface area contributed by atoms with Gasteiger partial charge in [0.2, 0.25) is 0 Å². The van der Waals surface area contributed by atoms with E-state index in [1.54, 1.807) is 24.3 Å². The van der Waals surface area contributed by atoms with E-state index in [1.807, 2.05) is 6.07 Å². The molecule has 0 heterocycles. The van der Waals surface area contributed by atoms with Gasteiger partial charge in [-0.1, -0.05) is 47.5 Å². The van der Waals surface area contributed by atoms with Crippen molar-refractivity contribution < 1.29 is 24.1 Å². The van der Waals surface area contributed by atoms with Crippen LogP contribution in [0.5, 0.6) is 11.5 Å². The summed E-state index contributed by atoms with van der Waals surface area (Å²) in [7, 11) is 1.38. The second kappa shape index (κ2) is 9.72. The number of nitriles is 1. The largest absolute Gasteiger partial charge is 0.503 e. The van der Waals surface area contributed by atoms with Crippen LogP contribution in [0, 0.1) is 11.3 Å². The lowest BCUT2D eigenvalue weighted by atomic mass is 10.0. The number of ether oxygens (including phenoxy) is 3. The molecule has 0 aliphatic carbocycles. The minimum atomic E-state index is -1.12. The van der Waals surface area contributed by atoms with Gasteiger partial charge in [-0.15, -0.1) is 0 Å². The van der Waals surface area contributed by atoms with E-state index < -0.39 is 5.97 Å². The van der Waals surface area contributed by atoms with Crippen molar-refractivity contribution >= 4 is 34.7 Å². The molecule has 0 fully saturated rings. The third-order valence-electron chi connectivity index (χ3n) is 3.42. The minimum Gasteiger partial charge on any atom is -0.503 e. The monoisotopic (exact) mass is 407 g/mol. The fraction of sp³-hybridized carbons (Fsp3) is 0.158. The molecule has 0 saturated heterocycles. The van der Waals surface area contributed by atoms with E-state index in [-0.39, 0.29) is 34.6 Å². The van der Waals surface area contributed by atoms with Gasteiger partial charge in [0.25, 0.3) is 0 Å². The van der Waals surface area contributed by atoms with Gasteiger partial charge in [-0.3, -0.25) is 0 Å². The number of rotatable bonds is 8. The van der Waals surface area contributed by atoms with Crippen molar-refractivity contribution in [1.29, 1.82) is 5.26 Å².